The Morgan fingerprint density at radius 1 is 0.960 bits per heavy atom. The van der Waals surface area contributed by atoms with Crippen LogP contribution in [-0.4, -0.2) is 18.1 Å². The maximum atomic E-state index is 12.6. The van der Waals surface area contributed by atoms with Gasteiger partial charge in [-0.15, -0.1) is 0 Å². The van der Waals surface area contributed by atoms with E-state index in [-0.39, 0.29) is 17.0 Å². The first kappa shape index (κ1) is 16.2. The average molecular weight is 334 g/mol. The third-order valence-corrected chi connectivity index (χ3v) is 6.17. The molecule has 0 unspecified atom stereocenters. The molecular weight excluding hydrogens is 308 g/mol. The van der Waals surface area contributed by atoms with Crippen LogP contribution in [0.15, 0.2) is 54.6 Å². The van der Waals surface area contributed by atoms with Gasteiger partial charge in [-0.1, -0.05) is 49.4 Å². The van der Waals surface area contributed by atoms with Gasteiger partial charge in [-0.3, -0.25) is 4.90 Å². The van der Waals surface area contributed by atoms with Crippen LogP contribution in [0.2, 0.25) is 0 Å². The zero-order chi connectivity index (χ0) is 17.5. The fourth-order valence-corrected chi connectivity index (χ4v) is 4.41. The minimum Gasteiger partial charge on any atom is -0.330 e. The zero-order valence-corrected chi connectivity index (χ0v) is 15.1. The van der Waals surface area contributed by atoms with Gasteiger partial charge in [0.2, 0.25) is 0 Å². The van der Waals surface area contributed by atoms with Gasteiger partial charge in [0, 0.05) is 5.69 Å². The van der Waals surface area contributed by atoms with Gasteiger partial charge in [0.05, 0.1) is 12.1 Å². The predicted octanol–water partition coefficient (Wildman–Crippen LogP) is 4.80. The summed E-state index contributed by atoms with van der Waals surface area (Å²) in [5.41, 5.74) is 3.75. The van der Waals surface area contributed by atoms with E-state index in [2.05, 4.69) is 61.6 Å². The molecule has 3 nitrogen and oxygen atoms in total. The normalized spacial score (nSPS) is 29.0. The highest BCUT2D eigenvalue weighted by atomic mass is 16.2. The number of benzene rings is 2. The number of carbonyl (C=O) groups excluding carboxylic acids is 1. The Labute approximate surface area is 150 Å². The Morgan fingerprint density at radius 2 is 1.68 bits per heavy atom. The third kappa shape index (κ3) is 2.92. The lowest BCUT2D eigenvalue weighted by Gasteiger charge is -2.43. The number of nitrogens with one attached hydrogen (secondary N) is 1. The minimum atomic E-state index is -0.0743. The van der Waals surface area contributed by atoms with Crippen LogP contribution in [0.5, 0.6) is 0 Å². The number of nitrogens with zero attached hydrogens (tertiary/aromatic N) is 1. The molecule has 2 fully saturated rings. The standard InChI is InChI=1S/C22H26N2O/c1-17-7-6-10-19(15-17)24-16-22(23-20(24)25)13-11-21(2,12-14-22)18-8-4-3-5-9-18/h3-10,15H,11-14,16H2,1-2H3,(H,23,25). The minimum absolute atomic E-state index is 0.0499. The molecule has 4 rings (SSSR count). The van der Waals surface area contributed by atoms with Crippen molar-refractivity contribution in [1.29, 1.82) is 0 Å². The fourth-order valence-electron chi connectivity index (χ4n) is 4.41. The summed E-state index contributed by atoms with van der Waals surface area (Å²) >= 11 is 0. The van der Waals surface area contributed by atoms with Gasteiger partial charge in [-0.05, 0) is 61.3 Å². The van der Waals surface area contributed by atoms with Crippen LogP contribution in [0, 0.1) is 6.92 Å². The topological polar surface area (TPSA) is 32.3 Å². The van der Waals surface area contributed by atoms with Crippen molar-refractivity contribution in [2.24, 2.45) is 0 Å². The summed E-state index contributed by atoms with van der Waals surface area (Å²) in [5.74, 6) is 0. The molecule has 1 heterocycles. The van der Waals surface area contributed by atoms with Crippen molar-refractivity contribution in [1.82, 2.24) is 5.32 Å². The van der Waals surface area contributed by atoms with Gasteiger partial charge in [-0.25, -0.2) is 4.79 Å². The second kappa shape index (κ2) is 5.91. The quantitative estimate of drug-likeness (QED) is 0.841. The van der Waals surface area contributed by atoms with Crippen molar-refractivity contribution in [2.75, 3.05) is 11.4 Å². The molecule has 2 amide bonds. The monoisotopic (exact) mass is 334 g/mol. The maximum Gasteiger partial charge on any atom is 0.322 e. The largest absolute Gasteiger partial charge is 0.330 e. The van der Waals surface area contributed by atoms with E-state index in [9.17, 15) is 4.79 Å². The SMILES string of the molecule is Cc1cccc(N2CC3(CCC(C)(c4ccccc4)CC3)NC2=O)c1. The van der Waals surface area contributed by atoms with Crippen LogP contribution in [0.3, 0.4) is 0 Å². The molecule has 1 spiro atoms. The van der Waals surface area contributed by atoms with E-state index in [0.29, 0.717) is 0 Å². The molecule has 130 valence electrons. The summed E-state index contributed by atoms with van der Waals surface area (Å²) in [7, 11) is 0. The van der Waals surface area contributed by atoms with Crippen molar-refractivity contribution in [3.05, 3.63) is 65.7 Å². The number of rotatable bonds is 2. The number of urea groups is 1. The molecule has 0 atom stereocenters. The van der Waals surface area contributed by atoms with Crippen molar-refractivity contribution >= 4 is 11.7 Å². The van der Waals surface area contributed by atoms with Crippen LogP contribution < -0.4 is 10.2 Å². The summed E-state index contributed by atoms with van der Waals surface area (Å²) < 4.78 is 0. The van der Waals surface area contributed by atoms with Crippen LogP contribution in [0.4, 0.5) is 10.5 Å². The molecule has 1 aliphatic carbocycles. The van der Waals surface area contributed by atoms with Crippen LogP contribution in [0.1, 0.15) is 43.7 Å². The van der Waals surface area contributed by atoms with Gasteiger partial charge in [0.15, 0.2) is 0 Å². The predicted molar refractivity (Wildman–Crippen MR) is 102 cm³/mol. The molecule has 3 heteroatoms. The van der Waals surface area contributed by atoms with Gasteiger partial charge >= 0.3 is 6.03 Å². The van der Waals surface area contributed by atoms with Gasteiger partial charge in [-0.2, -0.15) is 0 Å². The Balaban J connectivity index is 1.51. The molecule has 2 aromatic rings. The van der Waals surface area contributed by atoms with Crippen molar-refractivity contribution in [3.8, 4) is 0 Å². The smallest absolute Gasteiger partial charge is 0.322 e. The zero-order valence-electron chi connectivity index (χ0n) is 15.1. The molecule has 2 aromatic carbocycles. The Hall–Kier alpha value is -2.29. The second-order valence-corrected chi connectivity index (χ2v) is 8.06. The summed E-state index contributed by atoms with van der Waals surface area (Å²) in [6.45, 7) is 5.21. The van der Waals surface area contributed by atoms with E-state index in [1.807, 2.05) is 17.0 Å². The summed E-state index contributed by atoms with van der Waals surface area (Å²) in [6, 6.07) is 19.1. The molecular formula is C22H26N2O. The van der Waals surface area contributed by atoms with E-state index >= 15 is 0 Å². The molecule has 1 saturated carbocycles. The second-order valence-electron chi connectivity index (χ2n) is 8.06. The first-order valence-electron chi connectivity index (χ1n) is 9.22. The van der Waals surface area contributed by atoms with E-state index < -0.39 is 0 Å². The van der Waals surface area contributed by atoms with E-state index in [1.54, 1.807) is 0 Å². The molecule has 1 N–H and O–H groups in total. The molecule has 1 saturated heterocycles. The van der Waals surface area contributed by atoms with Gasteiger partial charge in [0.1, 0.15) is 0 Å². The lowest BCUT2D eigenvalue weighted by atomic mass is 9.65. The van der Waals surface area contributed by atoms with Gasteiger partial charge < -0.3 is 5.32 Å². The van der Waals surface area contributed by atoms with Crippen molar-refractivity contribution in [2.45, 2.75) is 50.5 Å². The van der Waals surface area contributed by atoms with Crippen LogP contribution >= 0.6 is 0 Å². The van der Waals surface area contributed by atoms with Crippen molar-refractivity contribution in [3.63, 3.8) is 0 Å². The number of anilines is 1. The average Bonchev–Trinajstić information content (AvgIpc) is 2.95. The number of hydrogen-bond acceptors (Lipinski definition) is 1. The Kier molecular flexibility index (Phi) is 3.82. The third-order valence-electron chi connectivity index (χ3n) is 6.17. The summed E-state index contributed by atoms with van der Waals surface area (Å²) in [6.07, 6.45) is 4.29. The first-order chi connectivity index (χ1) is 12.0. The van der Waals surface area contributed by atoms with Crippen molar-refractivity contribution < 1.29 is 4.79 Å². The van der Waals surface area contributed by atoms with Crippen LogP contribution in [0.25, 0.3) is 0 Å². The van der Waals surface area contributed by atoms with E-state index in [4.69, 9.17) is 0 Å². The molecule has 1 aliphatic heterocycles. The molecule has 0 aromatic heterocycles. The number of hydrogen-bond donors (Lipinski definition) is 1. The lowest BCUT2D eigenvalue weighted by molar-refractivity contribution is 0.199. The lowest BCUT2D eigenvalue weighted by Crippen LogP contribution is -2.49. The molecule has 2 aliphatic rings. The number of carbonyl (C=O) groups is 1. The van der Waals surface area contributed by atoms with Gasteiger partial charge in [0.25, 0.3) is 0 Å². The Morgan fingerprint density at radius 3 is 2.36 bits per heavy atom. The summed E-state index contributed by atoms with van der Waals surface area (Å²) in [4.78, 5) is 14.5. The Bertz CT molecular complexity index is 776. The highest BCUT2D eigenvalue weighted by Gasteiger charge is 2.48. The molecule has 0 radical (unpaired) electrons. The highest BCUT2D eigenvalue weighted by molar-refractivity contribution is 5.95. The maximum absolute atomic E-state index is 12.6. The van der Waals surface area contributed by atoms with E-state index in [1.165, 1.54) is 11.1 Å². The summed E-state index contributed by atoms with van der Waals surface area (Å²) in [5, 5.41) is 3.31. The van der Waals surface area contributed by atoms with E-state index in [0.717, 1.165) is 37.9 Å². The number of amides is 2. The highest BCUT2D eigenvalue weighted by Crippen LogP contribution is 2.44. The first-order valence-corrected chi connectivity index (χ1v) is 9.22. The molecule has 25 heavy (non-hydrogen) atoms. The molecule has 0 bridgehead atoms. The van der Waals surface area contributed by atoms with Crippen LogP contribution in [-0.2, 0) is 5.41 Å². The number of aryl methyl sites for hydroxylation is 1. The fraction of sp³-hybridized carbons (Fsp3) is 0.409.